The number of hydrogen-bond donors (Lipinski definition) is 1. The van der Waals surface area contributed by atoms with Gasteiger partial charge in [-0.05, 0) is 76.2 Å². The highest BCUT2D eigenvalue weighted by atomic mass is 35.5. The lowest BCUT2D eigenvalue weighted by molar-refractivity contribution is 0.785. The van der Waals surface area contributed by atoms with Crippen LogP contribution in [-0.4, -0.2) is 17.1 Å². The maximum Gasteiger partial charge on any atom is 0.123 e. The van der Waals surface area contributed by atoms with Crippen LogP contribution in [0.5, 0.6) is 0 Å². The summed E-state index contributed by atoms with van der Waals surface area (Å²) in [5.74, 6) is 0. The maximum absolute atomic E-state index is 6.27. The van der Waals surface area contributed by atoms with E-state index in [-0.39, 0.29) is 12.1 Å². The molecule has 0 spiro atoms. The number of halogens is 2. The Morgan fingerprint density at radius 1 is 0.750 bits per heavy atom. The summed E-state index contributed by atoms with van der Waals surface area (Å²) in [7, 11) is 0. The summed E-state index contributed by atoms with van der Waals surface area (Å²) < 4.78 is 0. The third-order valence-electron chi connectivity index (χ3n) is 5.68. The van der Waals surface area contributed by atoms with E-state index in [1.807, 2.05) is 18.2 Å². The molecule has 0 saturated carbocycles. The van der Waals surface area contributed by atoms with Crippen LogP contribution in [0, 0.1) is 0 Å². The van der Waals surface area contributed by atoms with Gasteiger partial charge in [-0.25, -0.2) is 0 Å². The van der Waals surface area contributed by atoms with Gasteiger partial charge in [-0.2, -0.15) is 0 Å². The summed E-state index contributed by atoms with van der Waals surface area (Å²) in [6.45, 7) is 8.80. The number of benzene rings is 3. The predicted octanol–water partition coefficient (Wildman–Crippen LogP) is 9.94. The third-order valence-corrected chi connectivity index (χ3v) is 8.00. The number of rotatable bonds is 8. The Bertz CT molecular complexity index is 1320. The molecule has 0 radical (unpaired) electrons. The van der Waals surface area contributed by atoms with E-state index in [9.17, 15) is 0 Å². The quantitative estimate of drug-likeness (QED) is 0.218. The molecule has 1 aromatic heterocycles. The van der Waals surface area contributed by atoms with Gasteiger partial charge in [0.15, 0.2) is 0 Å². The van der Waals surface area contributed by atoms with Crippen molar-refractivity contribution in [1.29, 1.82) is 0 Å². The summed E-state index contributed by atoms with van der Waals surface area (Å²) in [6.07, 6.45) is 0. The Hall–Kier alpha value is -2.57. The van der Waals surface area contributed by atoms with Crippen molar-refractivity contribution in [2.45, 2.75) is 39.8 Å². The first kappa shape index (κ1) is 26.5. The van der Waals surface area contributed by atoms with Crippen molar-refractivity contribution in [2.24, 2.45) is 0 Å². The van der Waals surface area contributed by atoms with Crippen molar-refractivity contribution in [2.75, 3.05) is 15.1 Å². The Morgan fingerprint density at radius 3 is 1.83 bits per heavy atom. The standard InChI is InChI=1S/C29H29Cl2N3S2/c1-19(2)33(22-11-7-5-8-12-22)26-18-27(34(20(3)4)23-13-9-6-10-14-23)36-28(26)29(35)32-21-15-16-24(30)25(31)17-21/h5-20H,1-4H3,(H,32,35). The molecule has 0 bridgehead atoms. The van der Waals surface area contributed by atoms with Gasteiger partial charge in [-0.3, -0.25) is 0 Å². The van der Waals surface area contributed by atoms with Gasteiger partial charge in [0.2, 0.25) is 0 Å². The number of nitrogens with zero attached hydrogens (tertiary/aromatic N) is 2. The highest BCUT2D eigenvalue weighted by molar-refractivity contribution is 7.81. The molecule has 7 heteroatoms. The van der Waals surface area contributed by atoms with Gasteiger partial charge in [-0.15, -0.1) is 11.3 Å². The number of thiophene rings is 1. The lowest BCUT2D eigenvalue weighted by Gasteiger charge is -2.30. The Morgan fingerprint density at radius 2 is 1.31 bits per heavy atom. The molecule has 0 unspecified atom stereocenters. The summed E-state index contributed by atoms with van der Waals surface area (Å²) in [5.41, 5.74) is 4.13. The Balaban J connectivity index is 1.84. The summed E-state index contributed by atoms with van der Waals surface area (Å²) in [6, 6.07) is 29.1. The van der Waals surface area contributed by atoms with Crippen LogP contribution in [-0.2, 0) is 0 Å². The normalized spacial score (nSPS) is 11.1. The second-order valence-electron chi connectivity index (χ2n) is 8.98. The molecule has 186 valence electrons. The van der Waals surface area contributed by atoms with E-state index in [0.29, 0.717) is 15.0 Å². The van der Waals surface area contributed by atoms with Crippen molar-refractivity contribution in [3.63, 3.8) is 0 Å². The zero-order valence-corrected chi connectivity index (χ0v) is 23.8. The van der Waals surface area contributed by atoms with E-state index in [0.717, 1.165) is 32.6 Å². The molecule has 0 aliphatic rings. The van der Waals surface area contributed by atoms with Crippen LogP contribution in [0.4, 0.5) is 27.8 Å². The highest BCUT2D eigenvalue weighted by Crippen LogP contribution is 2.44. The van der Waals surface area contributed by atoms with Crippen molar-refractivity contribution in [3.05, 3.63) is 99.9 Å². The molecule has 3 aromatic carbocycles. The zero-order valence-electron chi connectivity index (χ0n) is 20.7. The Kier molecular flexibility index (Phi) is 8.58. The van der Waals surface area contributed by atoms with Gasteiger partial charge < -0.3 is 15.1 Å². The number of para-hydroxylation sites is 2. The summed E-state index contributed by atoms with van der Waals surface area (Å²) in [5, 5.41) is 5.51. The number of hydrogen-bond acceptors (Lipinski definition) is 4. The maximum atomic E-state index is 6.27. The first-order valence-electron chi connectivity index (χ1n) is 11.8. The zero-order chi connectivity index (χ0) is 25.8. The lowest BCUT2D eigenvalue weighted by Crippen LogP contribution is -2.27. The summed E-state index contributed by atoms with van der Waals surface area (Å²) >= 11 is 20.1. The number of thiocarbonyl (C=S) groups is 1. The average molecular weight is 555 g/mol. The van der Waals surface area contributed by atoms with Gasteiger partial charge in [0.1, 0.15) is 4.99 Å². The Labute approximate surface area is 233 Å². The second kappa shape index (κ2) is 11.7. The molecule has 0 aliphatic carbocycles. The molecule has 4 rings (SSSR count). The smallest absolute Gasteiger partial charge is 0.123 e. The second-order valence-corrected chi connectivity index (χ2v) is 11.2. The van der Waals surface area contributed by atoms with Crippen molar-refractivity contribution in [1.82, 2.24) is 0 Å². The van der Waals surface area contributed by atoms with Gasteiger partial charge in [-0.1, -0.05) is 71.8 Å². The molecule has 4 aromatic rings. The van der Waals surface area contributed by atoms with Crippen molar-refractivity contribution in [3.8, 4) is 0 Å². The molecular formula is C29H29Cl2N3S2. The van der Waals surface area contributed by atoms with E-state index in [1.54, 1.807) is 23.5 Å². The molecule has 0 aliphatic heterocycles. The molecule has 0 fully saturated rings. The first-order chi connectivity index (χ1) is 17.3. The van der Waals surface area contributed by atoms with E-state index in [2.05, 4.69) is 97.4 Å². The molecule has 0 saturated heterocycles. The van der Waals surface area contributed by atoms with Gasteiger partial charge >= 0.3 is 0 Å². The number of nitrogens with one attached hydrogen (secondary N) is 1. The minimum Gasteiger partial charge on any atom is -0.345 e. The fraction of sp³-hybridized carbons (Fsp3) is 0.207. The van der Waals surface area contributed by atoms with Crippen LogP contribution in [0.25, 0.3) is 0 Å². The van der Waals surface area contributed by atoms with Crippen LogP contribution in [0.2, 0.25) is 10.0 Å². The fourth-order valence-electron chi connectivity index (χ4n) is 4.16. The predicted molar refractivity (Wildman–Crippen MR) is 164 cm³/mol. The van der Waals surface area contributed by atoms with Crippen LogP contribution >= 0.6 is 46.8 Å². The van der Waals surface area contributed by atoms with E-state index >= 15 is 0 Å². The van der Waals surface area contributed by atoms with Crippen molar-refractivity contribution < 1.29 is 0 Å². The SMILES string of the molecule is CC(C)N(c1ccccc1)c1cc(N(c2ccccc2)C(C)C)c(C(=S)Nc2ccc(Cl)c(Cl)c2)s1. The van der Waals surface area contributed by atoms with E-state index in [1.165, 1.54) is 0 Å². The van der Waals surface area contributed by atoms with Crippen LogP contribution in [0.15, 0.2) is 84.9 Å². The monoisotopic (exact) mass is 553 g/mol. The minimum absolute atomic E-state index is 0.214. The average Bonchev–Trinajstić information content (AvgIpc) is 3.26. The molecule has 1 heterocycles. The van der Waals surface area contributed by atoms with Gasteiger partial charge in [0.05, 0.1) is 25.6 Å². The highest BCUT2D eigenvalue weighted by Gasteiger charge is 2.25. The molecule has 3 nitrogen and oxygen atoms in total. The third kappa shape index (κ3) is 5.87. The van der Waals surface area contributed by atoms with Crippen LogP contribution in [0.1, 0.15) is 32.6 Å². The molecule has 36 heavy (non-hydrogen) atoms. The van der Waals surface area contributed by atoms with Crippen LogP contribution < -0.4 is 15.1 Å². The van der Waals surface area contributed by atoms with Crippen LogP contribution in [0.3, 0.4) is 0 Å². The largest absolute Gasteiger partial charge is 0.345 e. The summed E-state index contributed by atoms with van der Waals surface area (Å²) in [4.78, 5) is 6.31. The topological polar surface area (TPSA) is 18.5 Å². The minimum atomic E-state index is 0.214. The van der Waals surface area contributed by atoms with Crippen molar-refractivity contribution >= 4 is 79.5 Å². The molecule has 0 atom stereocenters. The molecular weight excluding hydrogens is 525 g/mol. The van der Waals surface area contributed by atoms with Gasteiger partial charge in [0.25, 0.3) is 0 Å². The molecule has 0 amide bonds. The van der Waals surface area contributed by atoms with Gasteiger partial charge in [0, 0.05) is 29.1 Å². The van der Waals surface area contributed by atoms with E-state index in [4.69, 9.17) is 35.4 Å². The lowest BCUT2D eigenvalue weighted by atomic mass is 10.2. The first-order valence-corrected chi connectivity index (χ1v) is 13.8. The van der Waals surface area contributed by atoms with E-state index < -0.39 is 0 Å². The number of anilines is 5. The fourth-order valence-corrected chi connectivity index (χ4v) is 6.01. The molecule has 1 N–H and O–H groups in total.